The lowest BCUT2D eigenvalue weighted by molar-refractivity contribution is -0.135. The summed E-state index contributed by atoms with van der Waals surface area (Å²) < 4.78 is 15.9. The lowest BCUT2D eigenvalue weighted by Crippen LogP contribution is -2.57. The van der Waals surface area contributed by atoms with E-state index in [1.807, 2.05) is 12.1 Å². The van der Waals surface area contributed by atoms with E-state index in [9.17, 15) is 19.2 Å². The second kappa shape index (κ2) is 13.4. The molecule has 2 fully saturated rings. The SMILES string of the molecule is COc1ccc(C[C@H](NC(=O)[C@@H](C)NC(=O)C2CCOCC2)C(=O)N[C@@H](CC2=CCCC2)C(=O)[C@@]2(C)CO2)cc1. The molecule has 10 heteroatoms. The molecule has 3 aliphatic rings. The second-order valence-corrected chi connectivity index (χ2v) is 11.1. The Morgan fingerprint density at radius 1 is 1.00 bits per heavy atom. The Labute approximate surface area is 235 Å². The summed E-state index contributed by atoms with van der Waals surface area (Å²) in [5, 5.41) is 8.51. The summed E-state index contributed by atoms with van der Waals surface area (Å²) in [5.74, 6) is -0.840. The number of hydrogen-bond donors (Lipinski definition) is 3. The number of carbonyl (C=O) groups is 4. The minimum atomic E-state index is -0.968. The van der Waals surface area contributed by atoms with Crippen LogP contribution in [0, 0.1) is 5.92 Å². The number of Topliss-reactive ketones (excluding diaryl/α,β-unsaturated/α-hetero) is 1. The molecule has 0 radical (unpaired) electrons. The zero-order valence-electron chi connectivity index (χ0n) is 23.6. The summed E-state index contributed by atoms with van der Waals surface area (Å²) in [4.78, 5) is 52.8. The molecular formula is C30H41N3O7. The fourth-order valence-electron chi connectivity index (χ4n) is 5.15. The maximum Gasteiger partial charge on any atom is 0.243 e. The van der Waals surface area contributed by atoms with E-state index in [1.54, 1.807) is 33.1 Å². The second-order valence-electron chi connectivity index (χ2n) is 11.1. The highest BCUT2D eigenvalue weighted by Gasteiger charge is 2.50. The highest BCUT2D eigenvalue weighted by atomic mass is 16.6. The molecule has 4 atom stereocenters. The number of carbonyl (C=O) groups excluding carboxylic acids is 4. The van der Waals surface area contributed by atoms with Crippen LogP contribution in [-0.4, -0.2) is 74.2 Å². The summed E-state index contributed by atoms with van der Waals surface area (Å²) in [6.45, 7) is 4.69. The van der Waals surface area contributed by atoms with E-state index in [0.717, 1.165) is 30.4 Å². The van der Waals surface area contributed by atoms with Crippen molar-refractivity contribution in [2.45, 2.75) is 82.5 Å². The van der Waals surface area contributed by atoms with Gasteiger partial charge >= 0.3 is 0 Å². The van der Waals surface area contributed by atoms with E-state index in [1.165, 1.54) is 0 Å². The van der Waals surface area contributed by atoms with Crippen LogP contribution in [0.25, 0.3) is 0 Å². The molecular weight excluding hydrogens is 514 g/mol. The number of rotatable bonds is 13. The Bertz CT molecular complexity index is 1110. The van der Waals surface area contributed by atoms with Gasteiger partial charge in [0.25, 0.3) is 0 Å². The van der Waals surface area contributed by atoms with Crippen molar-refractivity contribution in [3.05, 3.63) is 41.5 Å². The molecule has 218 valence electrons. The van der Waals surface area contributed by atoms with Crippen LogP contribution in [-0.2, 0) is 35.1 Å². The first kappa shape index (κ1) is 29.7. The van der Waals surface area contributed by atoms with Gasteiger partial charge in [-0.2, -0.15) is 0 Å². The van der Waals surface area contributed by atoms with Crippen LogP contribution in [0.15, 0.2) is 35.9 Å². The van der Waals surface area contributed by atoms with Crippen molar-refractivity contribution >= 4 is 23.5 Å². The van der Waals surface area contributed by atoms with Gasteiger partial charge in [0.1, 0.15) is 23.4 Å². The first-order valence-corrected chi connectivity index (χ1v) is 14.2. The maximum absolute atomic E-state index is 13.7. The lowest BCUT2D eigenvalue weighted by Gasteiger charge is -2.26. The molecule has 1 aliphatic carbocycles. The summed E-state index contributed by atoms with van der Waals surface area (Å²) in [5.41, 5.74) is 1.05. The Hall–Kier alpha value is -3.24. The van der Waals surface area contributed by atoms with Gasteiger partial charge in [-0.05, 0) is 70.1 Å². The van der Waals surface area contributed by atoms with Gasteiger partial charge in [-0.1, -0.05) is 23.8 Å². The number of epoxide rings is 1. The summed E-state index contributed by atoms with van der Waals surface area (Å²) >= 11 is 0. The standard InChI is InChI=1S/C30H41N3O7/c1-19(31-28(36)22-12-14-39-15-13-22)27(35)33-25(17-21-8-10-23(38-3)11-9-21)29(37)32-24(16-20-6-4-5-7-20)26(34)30(2)18-40-30/h6,8-11,19,22,24-25H,4-5,7,12-18H2,1-3H3,(H,31,36)(H,32,37)(H,33,35)/t19-,24+,25+,30-/m1/s1. The van der Waals surface area contributed by atoms with Gasteiger partial charge < -0.3 is 30.2 Å². The summed E-state index contributed by atoms with van der Waals surface area (Å²) in [6, 6.07) is 4.65. The van der Waals surface area contributed by atoms with Crippen LogP contribution in [0.3, 0.4) is 0 Å². The molecule has 10 nitrogen and oxygen atoms in total. The highest BCUT2D eigenvalue weighted by molar-refractivity contribution is 5.98. The van der Waals surface area contributed by atoms with Crippen molar-refractivity contribution in [1.82, 2.24) is 16.0 Å². The first-order valence-electron chi connectivity index (χ1n) is 14.2. The van der Waals surface area contributed by atoms with Crippen LogP contribution in [0.5, 0.6) is 5.75 Å². The molecule has 4 rings (SSSR count). The zero-order chi connectivity index (χ0) is 28.7. The van der Waals surface area contributed by atoms with Crippen LogP contribution in [0.4, 0.5) is 0 Å². The number of allylic oxidation sites excluding steroid dienone is 1. The third kappa shape index (κ3) is 7.91. The molecule has 3 amide bonds. The molecule has 3 N–H and O–H groups in total. The highest BCUT2D eigenvalue weighted by Crippen LogP contribution is 2.31. The topological polar surface area (TPSA) is 135 Å². The first-order chi connectivity index (χ1) is 19.2. The average molecular weight is 556 g/mol. The van der Waals surface area contributed by atoms with Crippen molar-refractivity contribution in [3.63, 3.8) is 0 Å². The van der Waals surface area contributed by atoms with E-state index in [-0.39, 0.29) is 24.0 Å². The number of methoxy groups -OCH3 is 1. The average Bonchev–Trinajstić information content (AvgIpc) is 3.50. The fourth-order valence-corrected chi connectivity index (χ4v) is 5.15. The molecule has 2 aliphatic heterocycles. The Balaban J connectivity index is 1.47. The van der Waals surface area contributed by atoms with Crippen LogP contribution in [0.2, 0.25) is 0 Å². The van der Waals surface area contributed by atoms with Crippen molar-refractivity contribution in [3.8, 4) is 5.75 Å². The van der Waals surface area contributed by atoms with E-state index >= 15 is 0 Å². The van der Waals surface area contributed by atoms with Crippen molar-refractivity contribution < 1.29 is 33.4 Å². The minimum Gasteiger partial charge on any atom is -0.497 e. The van der Waals surface area contributed by atoms with Crippen LogP contribution in [0.1, 0.15) is 57.9 Å². The van der Waals surface area contributed by atoms with E-state index in [0.29, 0.717) is 44.8 Å². The van der Waals surface area contributed by atoms with Crippen molar-refractivity contribution in [2.75, 3.05) is 26.9 Å². The van der Waals surface area contributed by atoms with Crippen molar-refractivity contribution in [2.24, 2.45) is 5.92 Å². The van der Waals surface area contributed by atoms with E-state index < -0.39 is 35.5 Å². The van der Waals surface area contributed by atoms with Crippen molar-refractivity contribution in [1.29, 1.82) is 0 Å². The predicted molar refractivity (Wildman–Crippen MR) is 148 cm³/mol. The Morgan fingerprint density at radius 3 is 2.27 bits per heavy atom. The van der Waals surface area contributed by atoms with Crippen LogP contribution >= 0.6 is 0 Å². The number of ketones is 1. The molecule has 0 unspecified atom stereocenters. The fraction of sp³-hybridized carbons (Fsp3) is 0.600. The van der Waals surface area contributed by atoms with Crippen LogP contribution < -0.4 is 20.7 Å². The molecule has 2 heterocycles. The number of ether oxygens (including phenoxy) is 3. The quantitative estimate of drug-likeness (QED) is 0.250. The van der Waals surface area contributed by atoms with Gasteiger partial charge in [-0.25, -0.2) is 0 Å². The van der Waals surface area contributed by atoms with Gasteiger partial charge in [-0.3, -0.25) is 19.2 Å². The normalized spacial score (nSPS) is 22.8. The molecule has 0 aromatic heterocycles. The zero-order valence-corrected chi connectivity index (χ0v) is 23.6. The third-order valence-corrected chi connectivity index (χ3v) is 7.91. The molecule has 1 aromatic rings. The predicted octanol–water partition coefficient (Wildman–Crippen LogP) is 2.00. The van der Waals surface area contributed by atoms with Gasteiger partial charge in [0, 0.05) is 25.6 Å². The number of nitrogens with one attached hydrogen (secondary N) is 3. The van der Waals surface area contributed by atoms with E-state index in [2.05, 4.69) is 22.0 Å². The third-order valence-electron chi connectivity index (χ3n) is 7.91. The minimum absolute atomic E-state index is 0.166. The van der Waals surface area contributed by atoms with Gasteiger partial charge in [-0.15, -0.1) is 0 Å². The molecule has 1 aromatic carbocycles. The van der Waals surface area contributed by atoms with E-state index in [4.69, 9.17) is 14.2 Å². The maximum atomic E-state index is 13.7. The lowest BCUT2D eigenvalue weighted by atomic mass is 9.94. The smallest absolute Gasteiger partial charge is 0.243 e. The Kier molecular flexibility index (Phi) is 9.97. The Morgan fingerprint density at radius 2 is 1.68 bits per heavy atom. The molecule has 2 saturated heterocycles. The summed E-state index contributed by atoms with van der Waals surface area (Å²) in [6.07, 6.45) is 6.85. The number of benzene rings is 1. The van der Waals surface area contributed by atoms with Gasteiger partial charge in [0.05, 0.1) is 19.8 Å². The molecule has 40 heavy (non-hydrogen) atoms. The van der Waals surface area contributed by atoms with Gasteiger partial charge in [0.2, 0.25) is 17.7 Å². The molecule has 0 spiro atoms. The largest absolute Gasteiger partial charge is 0.497 e. The number of hydrogen-bond acceptors (Lipinski definition) is 7. The van der Waals surface area contributed by atoms with Gasteiger partial charge in [0.15, 0.2) is 5.78 Å². The summed E-state index contributed by atoms with van der Waals surface area (Å²) in [7, 11) is 1.57. The number of amides is 3. The molecule has 0 bridgehead atoms. The molecule has 0 saturated carbocycles. The monoisotopic (exact) mass is 555 g/mol.